The van der Waals surface area contributed by atoms with Gasteiger partial charge in [-0.1, -0.05) is 27.2 Å². The first-order valence-corrected chi connectivity index (χ1v) is 8.10. The zero-order valence-electron chi connectivity index (χ0n) is 11.4. The van der Waals surface area contributed by atoms with E-state index in [0.29, 0.717) is 31.6 Å². The third-order valence-corrected chi connectivity index (χ3v) is 5.74. The van der Waals surface area contributed by atoms with Crippen molar-refractivity contribution >= 4 is 10.0 Å². The van der Waals surface area contributed by atoms with Crippen LogP contribution < -0.4 is 5.32 Å². The van der Waals surface area contributed by atoms with E-state index in [0.717, 1.165) is 12.8 Å². The highest BCUT2D eigenvalue weighted by molar-refractivity contribution is 7.89. The van der Waals surface area contributed by atoms with Crippen molar-refractivity contribution in [2.24, 2.45) is 5.92 Å². The fourth-order valence-electron chi connectivity index (χ4n) is 2.12. The van der Waals surface area contributed by atoms with E-state index in [2.05, 4.69) is 12.2 Å². The van der Waals surface area contributed by atoms with Gasteiger partial charge in [-0.05, 0) is 19.3 Å². The van der Waals surface area contributed by atoms with Crippen LogP contribution in [-0.2, 0) is 10.0 Å². The summed E-state index contributed by atoms with van der Waals surface area (Å²) in [6, 6.07) is 0.328. The molecule has 4 nitrogen and oxygen atoms in total. The molecule has 0 amide bonds. The van der Waals surface area contributed by atoms with Crippen molar-refractivity contribution < 1.29 is 8.42 Å². The average molecular weight is 262 g/mol. The van der Waals surface area contributed by atoms with Crippen molar-refractivity contribution in [3.8, 4) is 0 Å². The molecule has 1 fully saturated rings. The van der Waals surface area contributed by atoms with Crippen LogP contribution in [0.25, 0.3) is 0 Å². The van der Waals surface area contributed by atoms with E-state index < -0.39 is 10.0 Å². The minimum Gasteiger partial charge on any atom is -0.313 e. The molecule has 0 aromatic rings. The van der Waals surface area contributed by atoms with Gasteiger partial charge in [0.1, 0.15) is 0 Å². The summed E-state index contributed by atoms with van der Waals surface area (Å²) in [4.78, 5) is 0. The largest absolute Gasteiger partial charge is 0.313 e. The van der Waals surface area contributed by atoms with E-state index in [1.165, 1.54) is 0 Å². The van der Waals surface area contributed by atoms with Crippen LogP contribution in [0.2, 0.25) is 0 Å². The third kappa shape index (κ3) is 3.93. The van der Waals surface area contributed by atoms with Gasteiger partial charge in [-0.25, -0.2) is 12.7 Å². The van der Waals surface area contributed by atoms with Gasteiger partial charge in [0.05, 0.1) is 5.25 Å². The van der Waals surface area contributed by atoms with Gasteiger partial charge >= 0.3 is 0 Å². The third-order valence-electron chi connectivity index (χ3n) is 3.51. The van der Waals surface area contributed by atoms with E-state index in [1.54, 1.807) is 11.2 Å². The summed E-state index contributed by atoms with van der Waals surface area (Å²) in [6.45, 7) is 9.93. The highest BCUT2D eigenvalue weighted by atomic mass is 32.2. The monoisotopic (exact) mass is 262 g/mol. The van der Waals surface area contributed by atoms with E-state index >= 15 is 0 Å². The Hall–Kier alpha value is -0.130. The van der Waals surface area contributed by atoms with Gasteiger partial charge < -0.3 is 5.32 Å². The highest BCUT2D eigenvalue weighted by Crippen LogP contribution is 2.23. The number of hydrogen-bond acceptors (Lipinski definition) is 3. The van der Waals surface area contributed by atoms with Crippen LogP contribution in [0.4, 0.5) is 0 Å². The lowest BCUT2D eigenvalue weighted by Crippen LogP contribution is -2.42. The number of nitrogens with zero attached hydrogens (tertiary/aromatic N) is 1. The highest BCUT2D eigenvalue weighted by Gasteiger charge is 2.34. The molecule has 1 aliphatic rings. The van der Waals surface area contributed by atoms with E-state index in [1.807, 2.05) is 13.8 Å². The molecule has 1 rings (SSSR count). The Morgan fingerprint density at radius 1 is 1.35 bits per heavy atom. The minimum absolute atomic E-state index is 0.328. The molecule has 0 radical (unpaired) electrons. The molecule has 2 atom stereocenters. The SMILES string of the molecule is CCC1CCN(S(=O)(=O)C(C)CNC(C)C)C1. The molecule has 0 aromatic heterocycles. The first-order chi connectivity index (χ1) is 7.87. The zero-order valence-corrected chi connectivity index (χ0v) is 12.3. The molecule has 0 aliphatic carbocycles. The van der Waals surface area contributed by atoms with Crippen LogP contribution >= 0.6 is 0 Å². The lowest BCUT2D eigenvalue weighted by atomic mass is 10.1. The van der Waals surface area contributed by atoms with Crippen molar-refractivity contribution in [1.29, 1.82) is 0 Å². The molecule has 5 heteroatoms. The number of sulfonamides is 1. The molecule has 1 heterocycles. The fraction of sp³-hybridized carbons (Fsp3) is 1.00. The number of rotatable bonds is 6. The van der Waals surface area contributed by atoms with Crippen molar-refractivity contribution in [1.82, 2.24) is 9.62 Å². The Morgan fingerprint density at radius 3 is 2.47 bits per heavy atom. The van der Waals surface area contributed by atoms with E-state index in [4.69, 9.17) is 0 Å². The van der Waals surface area contributed by atoms with Crippen molar-refractivity contribution in [2.75, 3.05) is 19.6 Å². The smallest absolute Gasteiger partial charge is 0.217 e. The lowest BCUT2D eigenvalue weighted by Gasteiger charge is -2.22. The maximum atomic E-state index is 12.3. The second-order valence-corrected chi connectivity index (χ2v) is 7.69. The molecule has 0 bridgehead atoms. The lowest BCUT2D eigenvalue weighted by molar-refractivity contribution is 0.440. The van der Waals surface area contributed by atoms with Crippen LogP contribution in [0.1, 0.15) is 40.5 Å². The maximum absolute atomic E-state index is 12.3. The Labute approximate surface area is 106 Å². The second-order valence-electron chi connectivity index (χ2n) is 5.34. The van der Waals surface area contributed by atoms with E-state index in [-0.39, 0.29) is 5.25 Å². The predicted octanol–water partition coefficient (Wildman–Crippen LogP) is 1.43. The maximum Gasteiger partial charge on any atom is 0.217 e. The molecule has 1 aliphatic heterocycles. The van der Waals surface area contributed by atoms with Gasteiger partial charge in [0.15, 0.2) is 0 Å². The summed E-state index contributed by atoms with van der Waals surface area (Å²) < 4.78 is 26.3. The summed E-state index contributed by atoms with van der Waals surface area (Å²) in [5.74, 6) is 0.551. The van der Waals surface area contributed by atoms with Gasteiger partial charge in [-0.3, -0.25) is 0 Å². The fourth-order valence-corrected chi connectivity index (χ4v) is 3.72. The topological polar surface area (TPSA) is 49.4 Å². The Balaban J connectivity index is 2.56. The van der Waals surface area contributed by atoms with Gasteiger partial charge in [0.2, 0.25) is 10.0 Å². The molecule has 1 saturated heterocycles. The van der Waals surface area contributed by atoms with Crippen LogP contribution in [0.5, 0.6) is 0 Å². The van der Waals surface area contributed by atoms with Crippen molar-refractivity contribution in [3.63, 3.8) is 0 Å². The van der Waals surface area contributed by atoms with Gasteiger partial charge in [0.25, 0.3) is 0 Å². The van der Waals surface area contributed by atoms with E-state index in [9.17, 15) is 8.42 Å². The summed E-state index contributed by atoms with van der Waals surface area (Å²) in [5.41, 5.74) is 0. The van der Waals surface area contributed by atoms with Crippen LogP contribution in [0, 0.1) is 5.92 Å². The molecule has 17 heavy (non-hydrogen) atoms. The molecule has 0 spiro atoms. The normalized spacial score (nSPS) is 24.4. The van der Waals surface area contributed by atoms with Crippen LogP contribution in [0.3, 0.4) is 0 Å². The van der Waals surface area contributed by atoms with Crippen molar-refractivity contribution in [2.45, 2.75) is 51.8 Å². The quantitative estimate of drug-likeness (QED) is 0.788. The first-order valence-electron chi connectivity index (χ1n) is 6.60. The summed E-state index contributed by atoms with van der Waals surface area (Å²) in [5, 5.41) is 2.86. The summed E-state index contributed by atoms with van der Waals surface area (Å²) >= 11 is 0. The molecule has 0 aromatic carbocycles. The van der Waals surface area contributed by atoms with Gasteiger partial charge in [-0.2, -0.15) is 0 Å². The Bertz CT molecular complexity index is 327. The molecule has 2 unspecified atom stereocenters. The predicted molar refractivity (Wildman–Crippen MR) is 71.5 cm³/mol. The van der Waals surface area contributed by atoms with Crippen LogP contribution in [-0.4, -0.2) is 43.6 Å². The Morgan fingerprint density at radius 2 is 2.00 bits per heavy atom. The first kappa shape index (κ1) is 14.9. The van der Waals surface area contributed by atoms with Crippen LogP contribution in [0.15, 0.2) is 0 Å². The molecule has 1 N–H and O–H groups in total. The summed E-state index contributed by atoms with van der Waals surface area (Å²) in [6.07, 6.45) is 2.09. The zero-order chi connectivity index (χ0) is 13.1. The Kier molecular flexibility index (Phi) is 5.41. The minimum atomic E-state index is -3.11. The molecule has 102 valence electrons. The van der Waals surface area contributed by atoms with Gasteiger partial charge in [-0.15, -0.1) is 0 Å². The van der Waals surface area contributed by atoms with Gasteiger partial charge in [0, 0.05) is 25.7 Å². The molecule has 0 saturated carbocycles. The standard InChI is InChI=1S/C12H26N2O2S/c1-5-12-6-7-14(9-12)17(15,16)11(4)8-13-10(2)3/h10-13H,5-9H2,1-4H3. The molecular formula is C12H26N2O2S. The molecular weight excluding hydrogens is 236 g/mol. The number of nitrogens with one attached hydrogen (secondary N) is 1. The number of hydrogen-bond donors (Lipinski definition) is 1. The summed E-state index contributed by atoms with van der Waals surface area (Å²) in [7, 11) is -3.11. The average Bonchev–Trinajstić information content (AvgIpc) is 2.74. The second kappa shape index (κ2) is 6.16. The van der Waals surface area contributed by atoms with Crippen molar-refractivity contribution in [3.05, 3.63) is 0 Å².